The number of halogens is 2. The number of benzene rings is 3. The number of aliphatic hydroxyl groups is 1. The molecule has 10 nitrogen and oxygen atoms in total. The van der Waals surface area contributed by atoms with Crippen LogP contribution in [0, 0.1) is 18.6 Å². The predicted molar refractivity (Wildman–Crippen MR) is 173 cm³/mol. The average Bonchev–Trinajstić information content (AvgIpc) is 3.07. The zero-order valence-corrected chi connectivity index (χ0v) is 26.1. The number of hydrogen-bond donors (Lipinski definition) is 2. The van der Waals surface area contributed by atoms with Gasteiger partial charge in [-0.3, -0.25) is 19.5 Å². The third kappa shape index (κ3) is 6.88. The molecule has 0 aliphatic carbocycles. The molecule has 47 heavy (non-hydrogen) atoms. The van der Waals surface area contributed by atoms with Crippen LogP contribution in [0.25, 0.3) is 10.9 Å². The molecule has 1 aromatic heterocycles. The first-order valence-corrected chi connectivity index (χ1v) is 15.4. The first-order chi connectivity index (χ1) is 22.7. The number of carbonyl (C=O) groups excluding carboxylic acids is 2. The van der Waals surface area contributed by atoms with Gasteiger partial charge in [-0.25, -0.2) is 8.78 Å². The van der Waals surface area contributed by atoms with Gasteiger partial charge in [0.05, 0.1) is 12.6 Å². The molecule has 1 saturated heterocycles. The van der Waals surface area contributed by atoms with Gasteiger partial charge in [0.2, 0.25) is 6.35 Å². The molecule has 2 amide bonds. The number of fused-ring (bicyclic) bond motifs is 1. The Morgan fingerprint density at radius 3 is 2.47 bits per heavy atom. The van der Waals surface area contributed by atoms with Crippen molar-refractivity contribution in [1.82, 2.24) is 14.8 Å². The van der Waals surface area contributed by atoms with Gasteiger partial charge in [-0.15, -0.1) is 0 Å². The fraction of sp³-hybridized carbons (Fsp3) is 0.286. The Morgan fingerprint density at radius 2 is 1.74 bits per heavy atom. The van der Waals surface area contributed by atoms with Gasteiger partial charge in [-0.05, 0) is 86.9 Å². The monoisotopic (exact) mass is 643 g/mol. The van der Waals surface area contributed by atoms with Crippen molar-refractivity contribution in [2.75, 3.05) is 43.5 Å². The zero-order chi connectivity index (χ0) is 33.1. The van der Waals surface area contributed by atoms with E-state index in [1.165, 1.54) is 53.9 Å². The molecule has 0 saturated carbocycles. The topological polar surface area (TPSA) is 107 Å². The van der Waals surface area contributed by atoms with Crippen molar-refractivity contribution < 1.29 is 33.0 Å². The lowest BCUT2D eigenvalue weighted by Crippen LogP contribution is -2.56. The number of ether oxygens (including phenoxy) is 2. The standard InChI is InChI=1S/C35H35F2N5O5/c1-22-18-26-29(20-32(22)46-2)38-13-12-30(26)47-31-11-8-24(19-28(31)37)39-33(43)27-21-41(17-16-40-14-4-3-5-15-40)35(45)42(34(27)44)25-9-6-23(36)7-10-25/h6-13,18-21,35,45H,3-5,14-17H2,1-2H3,(H,39,43). The summed E-state index contributed by atoms with van der Waals surface area (Å²) in [4.78, 5) is 36.3. The van der Waals surface area contributed by atoms with Gasteiger partial charge in [0.25, 0.3) is 11.8 Å². The summed E-state index contributed by atoms with van der Waals surface area (Å²) in [5.41, 5.74) is 1.51. The van der Waals surface area contributed by atoms with Crippen LogP contribution in [0.3, 0.4) is 0 Å². The molecule has 1 atom stereocenters. The Balaban J connectivity index is 1.22. The van der Waals surface area contributed by atoms with Crippen LogP contribution in [0.1, 0.15) is 24.8 Å². The molecule has 12 heteroatoms. The van der Waals surface area contributed by atoms with E-state index in [0.717, 1.165) is 42.5 Å². The summed E-state index contributed by atoms with van der Waals surface area (Å²) in [6, 6.07) is 14.2. The fourth-order valence-electron chi connectivity index (χ4n) is 5.84. The molecule has 244 valence electrons. The normalized spacial score (nSPS) is 17.1. The van der Waals surface area contributed by atoms with E-state index in [0.29, 0.717) is 35.5 Å². The first-order valence-electron chi connectivity index (χ1n) is 15.4. The van der Waals surface area contributed by atoms with Gasteiger partial charge in [0.15, 0.2) is 11.6 Å². The van der Waals surface area contributed by atoms with Gasteiger partial charge in [-0.2, -0.15) is 0 Å². The number of nitrogens with one attached hydrogen (secondary N) is 1. The van der Waals surface area contributed by atoms with Gasteiger partial charge in [-0.1, -0.05) is 6.42 Å². The zero-order valence-electron chi connectivity index (χ0n) is 26.1. The SMILES string of the molecule is COc1cc2nccc(Oc3ccc(NC(=O)C4=CN(CCN5CCCCC5)C(O)N(c5ccc(F)cc5)C4=O)cc3F)c2cc1C. The molecular weight excluding hydrogens is 608 g/mol. The molecule has 0 bridgehead atoms. The lowest BCUT2D eigenvalue weighted by Gasteiger charge is -2.40. The Morgan fingerprint density at radius 1 is 0.979 bits per heavy atom. The molecular formula is C35H35F2N5O5. The van der Waals surface area contributed by atoms with Crippen LogP contribution in [-0.2, 0) is 9.59 Å². The predicted octanol–water partition coefficient (Wildman–Crippen LogP) is 5.56. The fourth-order valence-corrected chi connectivity index (χ4v) is 5.84. The molecule has 0 radical (unpaired) electrons. The smallest absolute Gasteiger partial charge is 0.268 e. The second-order valence-corrected chi connectivity index (χ2v) is 11.5. The van der Waals surface area contributed by atoms with Crippen LogP contribution in [0.15, 0.2) is 78.6 Å². The maximum atomic E-state index is 15.3. The minimum absolute atomic E-state index is 0.0774. The average molecular weight is 644 g/mol. The van der Waals surface area contributed by atoms with Crippen molar-refractivity contribution in [2.24, 2.45) is 0 Å². The molecule has 1 fully saturated rings. The van der Waals surface area contributed by atoms with Crippen molar-refractivity contribution in [3.63, 3.8) is 0 Å². The van der Waals surface area contributed by atoms with E-state index in [1.807, 2.05) is 13.0 Å². The minimum Gasteiger partial charge on any atom is -0.496 e. The number of likely N-dealkylation sites (tertiary alicyclic amines) is 1. The number of rotatable bonds is 9. The summed E-state index contributed by atoms with van der Waals surface area (Å²) in [5, 5.41) is 14.5. The number of amides is 2. The van der Waals surface area contributed by atoms with Crippen LogP contribution < -0.4 is 19.7 Å². The molecule has 0 spiro atoms. The maximum absolute atomic E-state index is 15.3. The van der Waals surface area contributed by atoms with Crippen LogP contribution in [0.2, 0.25) is 0 Å². The quantitative estimate of drug-likeness (QED) is 0.229. The van der Waals surface area contributed by atoms with E-state index >= 15 is 4.39 Å². The molecule has 2 aliphatic heterocycles. The summed E-state index contributed by atoms with van der Waals surface area (Å²) >= 11 is 0. The number of aromatic nitrogens is 1. The lowest BCUT2D eigenvalue weighted by atomic mass is 10.1. The molecule has 1 unspecified atom stereocenters. The summed E-state index contributed by atoms with van der Waals surface area (Å²) in [6.07, 6.45) is 4.80. The Labute approximate surface area is 270 Å². The summed E-state index contributed by atoms with van der Waals surface area (Å²) < 4.78 is 40.3. The number of anilines is 2. The van der Waals surface area contributed by atoms with Gasteiger partial charge < -0.3 is 29.7 Å². The molecule has 6 rings (SSSR count). The molecule has 4 aromatic rings. The van der Waals surface area contributed by atoms with Crippen LogP contribution in [0.5, 0.6) is 17.2 Å². The summed E-state index contributed by atoms with van der Waals surface area (Å²) in [7, 11) is 1.57. The van der Waals surface area contributed by atoms with Crippen molar-refractivity contribution in [3.8, 4) is 17.2 Å². The Kier molecular flexibility index (Phi) is 9.32. The third-order valence-electron chi connectivity index (χ3n) is 8.37. The largest absolute Gasteiger partial charge is 0.496 e. The maximum Gasteiger partial charge on any atom is 0.268 e. The van der Waals surface area contributed by atoms with E-state index in [2.05, 4.69) is 15.2 Å². The third-order valence-corrected chi connectivity index (χ3v) is 8.37. The highest BCUT2D eigenvalue weighted by molar-refractivity contribution is 6.27. The highest BCUT2D eigenvalue weighted by atomic mass is 19.1. The molecule has 2 aliphatic rings. The first kappa shape index (κ1) is 31.9. The number of aryl methyl sites for hydroxylation is 1. The number of piperidine rings is 1. The van der Waals surface area contributed by atoms with Crippen molar-refractivity contribution in [3.05, 3.63) is 95.8 Å². The molecule has 3 heterocycles. The number of methoxy groups -OCH3 is 1. The van der Waals surface area contributed by atoms with E-state index in [9.17, 15) is 19.1 Å². The minimum atomic E-state index is -1.42. The van der Waals surface area contributed by atoms with E-state index in [-0.39, 0.29) is 22.7 Å². The van der Waals surface area contributed by atoms with Crippen LogP contribution in [-0.4, -0.2) is 71.3 Å². The highest BCUT2D eigenvalue weighted by Gasteiger charge is 2.37. The van der Waals surface area contributed by atoms with Crippen molar-refractivity contribution in [2.45, 2.75) is 32.5 Å². The number of nitrogens with zero attached hydrogens (tertiary/aromatic N) is 4. The van der Waals surface area contributed by atoms with E-state index in [4.69, 9.17) is 9.47 Å². The van der Waals surface area contributed by atoms with Crippen molar-refractivity contribution in [1.29, 1.82) is 0 Å². The Hall–Kier alpha value is -5.07. The summed E-state index contributed by atoms with van der Waals surface area (Å²) in [6.45, 7) is 4.68. The molecule has 2 N–H and O–H groups in total. The Bertz CT molecular complexity index is 1830. The number of aliphatic hydroxyl groups excluding tert-OH is 1. The van der Waals surface area contributed by atoms with Gasteiger partial charge in [0.1, 0.15) is 22.9 Å². The number of carbonyl (C=O) groups is 2. The highest BCUT2D eigenvalue weighted by Crippen LogP contribution is 2.34. The summed E-state index contributed by atoms with van der Waals surface area (Å²) in [5.74, 6) is -1.86. The van der Waals surface area contributed by atoms with Crippen LogP contribution in [0.4, 0.5) is 20.2 Å². The molecule has 3 aromatic carbocycles. The van der Waals surface area contributed by atoms with Crippen molar-refractivity contribution >= 4 is 34.1 Å². The van der Waals surface area contributed by atoms with E-state index < -0.39 is 29.8 Å². The van der Waals surface area contributed by atoms with Gasteiger partial charge >= 0.3 is 0 Å². The second-order valence-electron chi connectivity index (χ2n) is 11.5. The van der Waals surface area contributed by atoms with E-state index in [1.54, 1.807) is 25.4 Å². The second kappa shape index (κ2) is 13.7. The lowest BCUT2D eigenvalue weighted by molar-refractivity contribution is -0.124. The number of pyridine rings is 1. The van der Waals surface area contributed by atoms with Crippen LogP contribution >= 0.6 is 0 Å². The van der Waals surface area contributed by atoms with Gasteiger partial charge in [0, 0.05) is 54.4 Å². The number of hydrogen-bond acceptors (Lipinski definition) is 8.